The highest BCUT2D eigenvalue weighted by Crippen LogP contribution is 2.18. The largest absolute Gasteiger partial charge is 0.322 e. The molecule has 0 saturated carbocycles. The van der Waals surface area contributed by atoms with E-state index < -0.39 is 10.0 Å². The monoisotopic (exact) mass is 371 g/mol. The summed E-state index contributed by atoms with van der Waals surface area (Å²) in [6.07, 6.45) is 1.71. The predicted molar refractivity (Wildman–Crippen MR) is 100 cm³/mol. The molecule has 0 aromatic heterocycles. The van der Waals surface area contributed by atoms with Crippen molar-refractivity contribution in [2.24, 2.45) is 0 Å². The molecular formula is C19H21N3O3S. The van der Waals surface area contributed by atoms with Gasteiger partial charge in [0.25, 0.3) is 5.91 Å². The van der Waals surface area contributed by atoms with Crippen LogP contribution >= 0.6 is 0 Å². The van der Waals surface area contributed by atoms with E-state index in [0.29, 0.717) is 23.4 Å². The molecule has 0 fully saturated rings. The van der Waals surface area contributed by atoms with Crippen LogP contribution in [-0.2, 0) is 10.0 Å². The summed E-state index contributed by atoms with van der Waals surface area (Å²) in [6, 6.07) is 14.4. The highest BCUT2D eigenvalue weighted by atomic mass is 32.2. The van der Waals surface area contributed by atoms with Crippen LogP contribution in [0.5, 0.6) is 0 Å². The van der Waals surface area contributed by atoms with Crippen LogP contribution in [-0.4, -0.2) is 32.2 Å². The van der Waals surface area contributed by atoms with Crippen LogP contribution in [0.1, 0.15) is 35.7 Å². The summed E-state index contributed by atoms with van der Waals surface area (Å²) in [5, 5.41) is 11.6. The van der Waals surface area contributed by atoms with Crippen molar-refractivity contribution in [3.63, 3.8) is 0 Å². The fourth-order valence-corrected chi connectivity index (χ4v) is 3.53. The number of carbonyl (C=O) groups excluding carboxylic acids is 1. The smallest absolute Gasteiger partial charge is 0.255 e. The Bertz CT molecular complexity index is 916. The van der Waals surface area contributed by atoms with Crippen molar-refractivity contribution in [1.82, 2.24) is 4.31 Å². The summed E-state index contributed by atoms with van der Waals surface area (Å²) in [4.78, 5) is 12.4. The lowest BCUT2D eigenvalue weighted by atomic mass is 10.1. The number of sulfonamides is 1. The van der Waals surface area contributed by atoms with Crippen molar-refractivity contribution in [3.05, 3.63) is 59.7 Å². The van der Waals surface area contributed by atoms with E-state index in [2.05, 4.69) is 5.32 Å². The second-order valence-corrected chi connectivity index (χ2v) is 7.90. The molecule has 0 bridgehead atoms. The standard InChI is InChI=1S/C19H21N3O3S/c1-3-4-12-22(2)26(24,25)18-10-8-17(9-11-18)21-19(23)16-7-5-6-15(13-16)14-20/h5-11,13H,3-4,12H2,1-2H3,(H,21,23). The van der Waals surface area contributed by atoms with Gasteiger partial charge in [0.1, 0.15) is 0 Å². The second-order valence-electron chi connectivity index (χ2n) is 5.85. The Morgan fingerprint density at radius 2 is 1.88 bits per heavy atom. The Labute approximate surface area is 154 Å². The number of benzene rings is 2. The quantitative estimate of drug-likeness (QED) is 0.809. The number of amides is 1. The lowest BCUT2D eigenvalue weighted by molar-refractivity contribution is 0.102. The van der Waals surface area contributed by atoms with Gasteiger partial charge < -0.3 is 5.32 Å². The van der Waals surface area contributed by atoms with Gasteiger partial charge in [0.05, 0.1) is 16.5 Å². The lowest BCUT2D eigenvalue weighted by Crippen LogP contribution is -2.27. The molecule has 0 atom stereocenters. The number of nitrogens with zero attached hydrogens (tertiary/aromatic N) is 2. The lowest BCUT2D eigenvalue weighted by Gasteiger charge is -2.17. The molecule has 0 saturated heterocycles. The van der Waals surface area contributed by atoms with E-state index in [0.717, 1.165) is 12.8 Å². The van der Waals surface area contributed by atoms with E-state index in [1.54, 1.807) is 37.4 Å². The van der Waals surface area contributed by atoms with E-state index in [1.807, 2.05) is 13.0 Å². The van der Waals surface area contributed by atoms with Crippen LogP contribution in [0.2, 0.25) is 0 Å². The molecule has 1 N–H and O–H groups in total. The van der Waals surface area contributed by atoms with Crippen LogP contribution < -0.4 is 5.32 Å². The van der Waals surface area contributed by atoms with Crippen LogP contribution in [0, 0.1) is 11.3 Å². The number of anilines is 1. The number of carbonyl (C=O) groups is 1. The van der Waals surface area contributed by atoms with Gasteiger partial charge in [-0.05, 0) is 48.9 Å². The highest BCUT2D eigenvalue weighted by Gasteiger charge is 2.20. The van der Waals surface area contributed by atoms with Gasteiger partial charge in [0, 0.05) is 24.8 Å². The molecule has 6 nitrogen and oxygen atoms in total. The molecule has 0 radical (unpaired) electrons. The summed E-state index contributed by atoms with van der Waals surface area (Å²) in [7, 11) is -1.97. The van der Waals surface area contributed by atoms with E-state index in [-0.39, 0.29) is 10.8 Å². The summed E-state index contributed by atoms with van der Waals surface area (Å²) in [5.41, 5.74) is 1.24. The van der Waals surface area contributed by atoms with Crippen molar-refractivity contribution < 1.29 is 13.2 Å². The van der Waals surface area contributed by atoms with Gasteiger partial charge in [-0.15, -0.1) is 0 Å². The van der Waals surface area contributed by atoms with Crippen LogP contribution in [0.3, 0.4) is 0 Å². The van der Waals surface area contributed by atoms with E-state index in [9.17, 15) is 13.2 Å². The number of nitriles is 1. The molecule has 0 spiro atoms. The molecule has 2 aromatic rings. The maximum Gasteiger partial charge on any atom is 0.255 e. The molecule has 0 aliphatic carbocycles. The second kappa shape index (κ2) is 8.61. The Balaban J connectivity index is 2.12. The van der Waals surface area contributed by atoms with Gasteiger partial charge in [-0.1, -0.05) is 19.4 Å². The Morgan fingerprint density at radius 3 is 2.50 bits per heavy atom. The van der Waals surface area contributed by atoms with Crippen molar-refractivity contribution in [2.45, 2.75) is 24.7 Å². The first-order valence-corrected chi connectivity index (χ1v) is 9.70. The summed E-state index contributed by atoms with van der Waals surface area (Å²) in [5.74, 6) is -0.363. The highest BCUT2D eigenvalue weighted by molar-refractivity contribution is 7.89. The Morgan fingerprint density at radius 1 is 1.19 bits per heavy atom. The average Bonchev–Trinajstić information content (AvgIpc) is 2.66. The van der Waals surface area contributed by atoms with Crippen LogP contribution in [0.25, 0.3) is 0 Å². The zero-order valence-electron chi connectivity index (χ0n) is 14.8. The van der Waals surface area contributed by atoms with E-state index in [1.165, 1.54) is 22.5 Å². The van der Waals surface area contributed by atoms with Crippen molar-refractivity contribution in [2.75, 3.05) is 18.9 Å². The maximum atomic E-state index is 12.5. The van der Waals surface area contributed by atoms with Gasteiger partial charge in [0.2, 0.25) is 10.0 Å². The van der Waals surface area contributed by atoms with E-state index >= 15 is 0 Å². The van der Waals surface area contributed by atoms with Crippen molar-refractivity contribution in [1.29, 1.82) is 5.26 Å². The fraction of sp³-hybridized carbons (Fsp3) is 0.263. The van der Waals surface area contributed by atoms with Gasteiger partial charge in [-0.25, -0.2) is 12.7 Å². The Kier molecular flexibility index (Phi) is 6.50. The molecule has 0 aliphatic rings. The van der Waals surface area contributed by atoms with Gasteiger partial charge >= 0.3 is 0 Å². The SMILES string of the molecule is CCCCN(C)S(=O)(=O)c1ccc(NC(=O)c2cccc(C#N)c2)cc1. The third-order valence-corrected chi connectivity index (χ3v) is 5.77. The first-order chi connectivity index (χ1) is 12.4. The van der Waals surface area contributed by atoms with Crippen LogP contribution in [0.15, 0.2) is 53.4 Å². The summed E-state index contributed by atoms with van der Waals surface area (Å²) < 4.78 is 26.3. The molecule has 2 aromatic carbocycles. The third-order valence-electron chi connectivity index (χ3n) is 3.90. The fourth-order valence-electron chi connectivity index (χ4n) is 2.32. The first-order valence-electron chi connectivity index (χ1n) is 8.26. The van der Waals surface area contributed by atoms with Gasteiger partial charge in [-0.2, -0.15) is 5.26 Å². The van der Waals surface area contributed by atoms with E-state index in [4.69, 9.17) is 5.26 Å². The number of hydrogen-bond donors (Lipinski definition) is 1. The summed E-state index contributed by atoms with van der Waals surface area (Å²) >= 11 is 0. The molecule has 0 unspecified atom stereocenters. The molecule has 136 valence electrons. The first kappa shape index (κ1) is 19.6. The number of rotatable bonds is 7. The molecular weight excluding hydrogens is 350 g/mol. The minimum atomic E-state index is -3.53. The van der Waals surface area contributed by atoms with Crippen LogP contribution in [0.4, 0.5) is 5.69 Å². The predicted octanol–water partition coefficient (Wildman–Crippen LogP) is 3.23. The number of hydrogen-bond acceptors (Lipinski definition) is 4. The molecule has 0 heterocycles. The average molecular weight is 371 g/mol. The van der Waals surface area contributed by atoms with Gasteiger partial charge in [-0.3, -0.25) is 4.79 Å². The molecule has 1 amide bonds. The third kappa shape index (κ3) is 4.69. The van der Waals surface area contributed by atoms with Crippen molar-refractivity contribution >= 4 is 21.6 Å². The minimum absolute atomic E-state index is 0.181. The Hall–Kier alpha value is -2.69. The minimum Gasteiger partial charge on any atom is -0.322 e. The normalized spacial score (nSPS) is 11.2. The van der Waals surface area contributed by atoms with Crippen molar-refractivity contribution in [3.8, 4) is 6.07 Å². The zero-order chi connectivity index (χ0) is 19.2. The molecule has 26 heavy (non-hydrogen) atoms. The summed E-state index contributed by atoms with van der Waals surface area (Å²) in [6.45, 7) is 2.47. The molecule has 0 aliphatic heterocycles. The number of nitrogens with one attached hydrogen (secondary N) is 1. The zero-order valence-corrected chi connectivity index (χ0v) is 15.6. The topological polar surface area (TPSA) is 90.3 Å². The molecule has 7 heteroatoms. The molecule has 2 rings (SSSR count). The number of unbranched alkanes of at least 4 members (excludes halogenated alkanes) is 1. The maximum absolute atomic E-state index is 12.5. The van der Waals surface area contributed by atoms with Gasteiger partial charge in [0.15, 0.2) is 0 Å².